The second-order valence-electron chi connectivity index (χ2n) is 8.31. The predicted octanol–water partition coefficient (Wildman–Crippen LogP) is 7.27. The van der Waals surface area contributed by atoms with Crippen molar-refractivity contribution in [3.8, 4) is 0 Å². The van der Waals surface area contributed by atoms with Crippen LogP contribution in [0.25, 0.3) is 22.4 Å². The van der Waals surface area contributed by atoms with E-state index in [2.05, 4.69) is 81.2 Å². The summed E-state index contributed by atoms with van der Waals surface area (Å²) in [7, 11) is 0. The fraction of sp³-hybridized carbons (Fsp3) is 0.269. The second-order valence-corrected chi connectivity index (χ2v) is 8.56. The van der Waals surface area contributed by atoms with Gasteiger partial charge in [0.05, 0.1) is 12.7 Å². The zero-order valence-electron chi connectivity index (χ0n) is 17.5. The molecule has 1 atom stereocenters. The third kappa shape index (κ3) is 5.14. The highest BCUT2D eigenvalue weighted by atomic mass is 35.5. The highest BCUT2D eigenvalue weighted by molar-refractivity contribution is 6.25. The lowest BCUT2D eigenvalue weighted by Gasteiger charge is -2.34. The van der Waals surface area contributed by atoms with Crippen molar-refractivity contribution < 1.29 is 4.74 Å². The van der Waals surface area contributed by atoms with E-state index in [1.807, 2.05) is 18.3 Å². The molecular formula is C26H28ClNO. The monoisotopic (exact) mass is 405 g/mol. The fourth-order valence-corrected chi connectivity index (χ4v) is 3.75. The molecule has 0 N–H and O–H groups in total. The fourth-order valence-electron chi connectivity index (χ4n) is 3.68. The van der Waals surface area contributed by atoms with Crippen LogP contribution < -0.4 is 0 Å². The number of rotatable bonds is 6. The van der Waals surface area contributed by atoms with E-state index < -0.39 is 0 Å². The van der Waals surface area contributed by atoms with Gasteiger partial charge in [0.1, 0.15) is 0 Å². The van der Waals surface area contributed by atoms with E-state index in [0.717, 1.165) is 11.1 Å². The molecule has 1 heterocycles. The van der Waals surface area contributed by atoms with Crippen LogP contribution in [0, 0.1) is 12.3 Å². The number of ether oxygens (including phenoxy) is 1. The van der Waals surface area contributed by atoms with Crippen molar-refractivity contribution in [2.75, 3.05) is 6.61 Å². The largest absolute Gasteiger partial charge is 0.369 e. The first-order chi connectivity index (χ1) is 13.9. The van der Waals surface area contributed by atoms with Gasteiger partial charge in [0.15, 0.2) is 0 Å². The van der Waals surface area contributed by atoms with Crippen LogP contribution in [0.3, 0.4) is 0 Å². The zero-order chi connectivity index (χ0) is 20.9. The molecule has 0 bridgehead atoms. The number of hydrogen-bond donors (Lipinski definition) is 0. The summed E-state index contributed by atoms with van der Waals surface area (Å²) in [6, 6.07) is 16.9. The number of pyridine rings is 1. The summed E-state index contributed by atoms with van der Waals surface area (Å²) < 4.78 is 6.38. The molecule has 3 heteroatoms. The molecule has 3 rings (SSSR count). The Bertz CT molecular complexity index is 1020. The summed E-state index contributed by atoms with van der Waals surface area (Å²) in [5.74, 6) is 0. The maximum atomic E-state index is 6.38. The van der Waals surface area contributed by atoms with Crippen molar-refractivity contribution in [1.29, 1.82) is 0 Å². The highest BCUT2D eigenvalue weighted by Crippen LogP contribution is 2.39. The third-order valence-corrected chi connectivity index (χ3v) is 5.13. The Morgan fingerprint density at radius 1 is 1.10 bits per heavy atom. The summed E-state index contributed by atoms with van der Waals surface area (Å²) in [6.07, 6.45) is 7.60. The van der Waals surface area contributed by atoms with E-state index in [1.54, 1.807) is 6.20 Å². The van der Waals surface area contributed by atoms with Gasteiger partial charge in [0, 0.05) is 17.9 Å². The number of aromatic nitrogens is 1. The van der Waals surface area contributed by atoms with Crippen LogP contribution in [0.1, 0.15) is 37.5 Å². The number of halogens is 1. The van der Waals surface area contributed by atoms with Gasteiger partial charge in [0.2, 0.25) is 0 Å². The molecule has 0 saturated carbocycles. The predicted molar refractivity (Wildman–Crippen MR) is 125 cm³/mol. The molecule has 0 fully saturated rings. The molecule has 0 spiro atoms. The lowest BCUT2D eigenvalue weighted by molar-refractivity contribution is 0.0392. The molecule has 0 saturated heterocycles. The minimum Gasteiger partial charge on any atom is -0.369 e. The molecule has 3 aromatic rings. The summed E-state index contributed by atoms with van der Waals surface area (Å²) in [6.45, 7) is 9.25. The normalized spacial score (nSPS) is 13.9. The molecule has 2 aromatic carbocycles. The second kappa shape index (κ2) is 9.39. The molecule has 1 aromatic heterocycles. The Balaban J connectivity index is 2.27. The van der Waals surface area contributed by atoms with Crippen molar-refractivity contribution >= 4 is 34.0 Å². The summed E-state index contributed by atoms with van der Waals surface area (Å²) >= 11 is 5.75. The number of fused-ring (bicyclic) bond motifs is 1. The molecule has 0 aliphatic heterocycles. The van der Waals surface area contributed by atoms with Gasteiger partial charge in [0.25, 0.3) is 0 Å². The Morgan fingerprint density at radius 3 is 2.59 bits per heavy atom. The average molecular weight is 406 g/mol. The molecule has 150 valence electrons. The van der Waals surface area contributed by atoms with Crippen LogP contribution in [0.5, 0.6) is 0 Å². The lowest BCUT2D eigenvalue weighted by Crippen LogP contribution is -2.31. The van der Waals surface area contributed by atoms with Crippen molar-refractivity contribution in [1.82, 2.24) is 4.98 Å². The first-order valence-corrected chi connectivity index (χ1v) is 10.3. The van der Waals surface area contributed by atoms with E-state index in [9.17, 15) is 0 Å². The minimum atomic E-state index is -0.125. The van der Waals surface area contributed by atoms with E-state index in [4.69, 9.17) is 16.3 Å². The SMILES string of the molecule is Cc1ccc2ccccc2c1/C(=C/c1cccnc1)C(OC/C=C/Cl)C(C)(C)C. The smallest absolute Gasteiger partial charge is 0.0883 e. The molecule has 0 radical (unpaired) electrons. The summed E-state index contributed by atoms with van der Waals surface area (Å²) in [5.41, 5.74) is 6.06. The first-order valence-electron chi connectivity index (χ1n) is 9.89. The molecule has 0 amide bonds. The maximum absolute atomic E-state index is 6.38. The quantitative estimate of drug-likeness (QED) is 0.430. The van der Waals surface area contributed by atoms with Crippen LogP contribution in [-0.2, 0) is 4.74 Å². The maximum Gasteiger partial charge on any atom is 0.0883 e. The Hall–Kier alpha value is -2.42. The number of hydrogen-bond acceptors (Lipinski definition) is 2. The van der Waals surface area contributed by atoms with E-state index in [1.165, 1.54) is 27.4 Å². The highest BCUT2D eigenvalue weighted by Gasteiger charge is 2.31. The Morgan fingerprint density at radius 2 is 1.90 bits per heavy atom. The van der Waals surface area contributed by atoms with Gasteiger partial charge in [-0.1, -0.05) is 74.8 Å². The molecular weight excluding hydrogens is 378 g/mol. The Kier molecular flexibility index (Phi) is 6.89. The van der Waals surface area contributed by atoms with E-state index in [-0.39, 0.29) is 11.5 Å². The lowest BCUT2D eigenvalue weighted by atomic mass is 9.79. The summed E-state index contributed by atoms with van der Waals surface area (Å²) in [5, 5.41) is 2.45. The van der Waals surface area contributed by atoms with E-state index in [0.29, 0.717) is 6.61 Å². The topological polar surface area (TPSA) is 22.1 Å². The minimum absolute atomic E-state index is 0.114. The average Bonchev–Trinajstić information content (AvgIpc) is 2.70. The van der Waals surface area contributed by atoms with Gasteiger partial charge in [-0.2, -0.15) is 0 Å². The van der Waals surface area contributed by atoms with Crippen molar-refractivity contribution in [2.45, 2.75) is 33.8 Å². The van der Waals surface area contributed by atoms with Gasteiger partial charge >= 0.3 is 0 Å². The van der Waals surface area contributed by atoms with Crippen LogP contribution in [-0.4, -0.2) is 17.7 Å². The van der Waals surface area contributed by atoms with Gasteiger partial charge in [-0.25, -0.2) is 0 Å². The van der Waals surface area contributed by atoms with Gasteiger partial charge in [-0.05, 0) is 63.6 Å². The number of benzene rings is 2. The van der Waals surface area contributed by atoms with Crippen LogP contribution in [0.15, 0.2) is 72.5 Å². The first kappa shape index (κ1) is 21.3. The van der Waals surface area contributed by atoms with Crippen LogP contribution in [0.4, 0.5) is 0 Å². The zero-order valence-corrected chi connectivity index (χ0v) is 18.3. The van der Waals surface area contributed by atoms with Crippen LogP contribution in [0.2, 0.25) is 0 Å². The van der Waals surface area contributed by atoms with Crippen molar-refractivity contribution in [2.24, 2.45) is 5.41 Å². The van der Waals surface area contributed by atoms with E-state index >= 15 is 0 Å². The van der Waals surface area contributed by atoms with Crippen LogP contribution >= 0.6 is 11.6 Å². The molecule has 1 unspecified atom stereocenters. The standard InChI is InChI=1S/C26H28ClNO/c1-19-12-13-21-10-5-6-11-22(21)24(19)23(17-20-9-7-15-28-18-20)25(26(2,3)4)29-16-8-14-27/h5-15,17-18,25H,16H2,1-4H3/b14-8+,23-17-. The van der Waals surface area contributed by atoms with Crippen molar-refractivity contribution in [3.05, 3.63) is 89.2 Å². The number of aryl methyl sites for hydroxylation is 1. The number of nitrogens with zero attached hydrogens (tertiary/aromatic N) is 1. The third-order valence-electron chi connectivity index (χ3n) is 4.95. The van der Waals surface area contributed by atoms with Crippen molar-refractivity contribution in [3.63, 3.8) is 0 Å². The van der Waals surface area contributed by atoms with Gasteiger partial charge in [-0.3, -0.25) is 4.98 Å². The molecule has 2 nitrogen and oxygen atoms in total. The summed E-state index contributed by atoms with van der Waals surface area (Å²) in [4.78, 5) is 4.30. The molecule has 29 heavy (non-hydrogen) atoms. The van der Waals surface area contributed by atoms with Gasteiger partial charge in [-0.15, -0.1) is 0 Å². The Labute approximate surface area is 178 Å². The molecule has 0 aliphatic carbocycles. The molecule has 0 aliphatic rings. The van der Waals surface area contributed by atoms with Gasteiger partial charge < -0.3 is 4.74 Å².